The number of hydrogen-bond donors (Lipinski definition) is 0. The number of hydrogen-bond acceptors (Lipinski definition) is 6. The molecule has 0 radical (unpaired) electrons. The molecule has 2 unspecified atom stereocenters. The van der Waals surface area contributed by atoms with Crippen LogP contribution in [0.4, 0.5) is 0 Å². The van der Waals surface area contributed by atoms with Crippen LogP contribution in [0.3, 0.4) is 0 Å². The quantitative estimate of drug-likeness (QED) is 0.151. The van der Waals surface area contributed by atoms with Gasteiger partial charge in [-0.2, -0.15) is 0 Å². The Morgan fingerprint density at radius 3 is 1.01 bits per heavy atom. The van der Waals surface area contributed by atoms with E-state index >= 15 is 0 Å². The number of para-hydroxylation sites is 8. The summed E-state index contributed by atoms with van der Waals surface area (Å²) in [6, 6.07) is 159. The molecule has 2 atom stereocenters. The fourth-order valence-corrected chi connectivity index (χ4v) is 24.4. The van der Waals surface area contributed by atoms with Crippen LogP contribution in [0.25, 0.3) is 178 Å². The minimum absolute atomic E-state index is 0.550. The monoisotopic (exact) mass is 1660 g/mol. The molecule has 4 aliphatic rings. The molecule has 0 N–H and O–H groups in total. The zero-order valence-electron chi connectivity index (χ0n) is 69.0. The van der Waals surface area contributed by atoms with Gasteiger partial charge in [0.1, 0.15) is 0 Å². The molecule has 0 saturated heterocycles. The average Bonchev–Trinajstić information content (AvgIpc) is 1.27. The molecule has 4 aliphatic heterocycles. The van der Waals surface area contributed by atoms with Gasteiger partial charge in [0.15, 0.2) is 11.6 Å². The van der Waals surface area contributed by atoms with Gasteiger partial charge < -0.3 is 18.3 Å². The SMILES string of the molecule is c1ccc(-c2cc(-c3ccc(-n4c5ccccc5c5cc6c(cc54)Sc4ccccc4C64c5ccccc5-n5c6ccccc6c6cccc4c65)cc3)nc(-c3ccccc3)n2)cc1.c1ccc(-c2cc(-c3ccc(-n4c5ccccc5c5ccc6c(c54)Sc4ccccc4C64c5ccccc5-n5c6ccccc6c6cccc4c65)cc3)nc(-c3ccccc3)n2)cc1. The van der Waals surface area contributed by atoms with Crippen LogP contribution in [0, 0.1) is 0 Å². The van der Waals surface area contributed by atoms with Gasteiger partial charge in [-0.3, -0.25) is 0 Å². The first kappa shape index (κ1) is 72.5. The summed E-state index contributed by atoms with van der Waals surface area (Å²) in [5, 5.41) is 10.1. The average molecular weight is 1670 g/mol. The first-order chi connectivity index (χ1) is 63.5. The Bertz CT molecular complexity index is 8640. The van der Waals surface area contributed by atoms with E-state index in [0.717, 1.165) is 67.5 Å². The number of nitrogens with zero attached hydrogens (tertiary/aromatic N) is 8. The van der Waals surface area contributed by atoms with E-state index in [0.29, 0.717) is 11.6 Å². The number of fused-ring (bicyclic) bond motifs is 29. The molecule has 0 amide bonds. The maximum Gasteiger partial charge on any atom is 0.160 e. The van der Waals surface area contributed by atoms with Crippen molar-refractivity contribution in [2.75, 3.05) is 0 Å². The van der Waals surface area contributed by atoms with E-state index in [4.69, 9.17) is 19.9 Å². The highest BCUT2D eigenvalue weighted by molar-refractivity contribution is 8.00. The van der Waals surface area contributed by atoms with Crippen molar-refractivity contribution >= 4 is 111 Å². The van der Waals surface area contributed by atoms with E-state index in [9.17, 15) is 0 Å². The van der Waals surface area contributed by atoms with Crippen LogP contribution < -0.4 is 0 Å². The lowest BCUT2D eigenvalue weighted by molar-refractivity contribution is 0.691. The fraction of sp³-hybridized carbons (Fsp3) is 0.0169. The molecule has 0 saturated carbocycles. The van der Waals surface area contributed by atoms with E-state index in [1.54, 1.807) is 0 Å². The first-order valence-corrected chi connectivity index (χ1v) is 45.3. The van der Waals surface area contributed by atoms with Crippen molar-refractivity contribution in [1.29, 1.82) is 0 Å². The summed E-state index contributed by atoms with van der Waals surface area (Å²) in [5.41, 5.74) is 33.6. The van der Waals surface area contributed by atoms with E-state index in [1.165, 1.54) is 163 Å². The maximum absolute atomic E-state index is 5.16. The fourth-order valence-electron chi connectivity index (χ4n) is 21.9. The Kier molecular flexibility index (Phi) is 16.0. The maximum atomic E-state index is 5.16. The van der Waals surface area contributed by atoms with E-state index in [-0.39, 0.29) is 0 Å². The van der Waals surface area contributed by atoms with Gasteiger partial charge in [-0.15, -0.1) is 0 Å². The van der Waals surface area contributed by atoms with Crippen LogP contribution in [0.15, 0.2) is 456 Å². The normalized spacial score (nSPS) is 14.9. The summed E-state index contributed by atoms with van der Waals surface area (Å²) in [5.74, 6) is 1.42. The second-order valence-electron chi connectivity index (χ2n) is 33.7. The molecule has 0 aliphatic carbocycles. The standard InChI is InChI=1S/2C59H36N4S/c1-3-16-37(17-4-1)49-35-50(61-58(60-49)39-18-5-2-6-19-39)38-30-32-40(33-31-38)62-51-26-11-8-21-42(51)44-34-48-56(36-54(44)62)64-55-29-14-10-24-46(55)59(48)45-23-9-13-28-53(45)63-52-27-12-7-20-41(52)43-22-15-25-47(59)57(43)63;1-3-16-37(17-4-1)49-36-50(61-58(60-49)39-18-5-2-6-19-39)38-30-32-40(33-31-38)62-51-26-11-7-21-42(51)44-34-35-48-57(56(44)62)64-54-29-14-10-24-46(54)59(48)45-23-9-13-28-53(45)63-52-27-12-8-20-41(52)43-22-15-25-47(59)55(43)63/h2*1-36H. The summed E-state index contributed by atoms with van der Waals surface area (Å²) in [6.45, 7) is 0. The Morgan fingerprint density at radius 1 is 0.188 bits per heavy atom. The molecule has 0 fully saturated rings. The van der Waals surface area contributed by atoms with Crippen LogP contribution in [-0.2, 0) is 10.8 Å². The van der Waals surface area contributed by atoms with E-state index in [2.05, 4.69) is 407 Å². The van der Waals surface area contributed by atoms with Gasteiger partial charge in [0.2, 0.25) is 0 Å². The van der Waals surface area contributed by atoms with Gasteiger partial charge in [0, 0.05) is 107 Å². The predicted octanol–water partition coefficient (Wildman–Crippen LogP) is 29.7. The molecule has 18 aromatic carbocycles. The third-order valence-electron chi connectivity index (χ3n) is 27.2. The van der Waals surface area contributed by atoms with Crippen molar-refractivity contribution in [2.45, 2.75) is 30.4 Å². The van der Waals surface area contributed by atoms with Gasteiger partial charge in [-0.1, -0.05) is 363 Å². The summed E-state index contributed by atoms with van der Waals surface area (Å²) >= 11 is 3.80. The van der Waals surface area contributed by atoms with Gasteiger partial charge in [0.25, 0.3) is 0 Å². The molecule has 6 aromatic heterocycles. The Labute approximate surface area is 745 Å². The van der Waals surface area contributed by atoms with Crippen molar-refractivity contribution in [2.24, 2.45) is 0 Å². The van der Waals surface area contributed by atoms with Crippen LogP contribution in [0.5, 0.6) is 0 Å². The summed E-state index contributed by atoms with van der Waals surface area (Å²) in [4.78, 5) is 25.5. The lowest BCUT2D eigenvalue weighted by Gasteiger charge is -2.45. The molecule has 596 valence electrons. The van der Waals surface area contributed by atoms with Crippen LogP contribution in [0.1, 0.15) is 44.5 Å². The van der Waals surface area contributed by atoms with Gasteiger partial charge in [-0.25, -0.2) is 19.9 Å². The van der Waals surface area contributed by atoms with E-state index < -0.39 is 10.8 Å². The van der Waals surface area contributed by atoms with Crippen LogP contribution >= 0.6 is 23.5 Å². The molecule has 10 heterocycles. The number of benzene rings is 18. The molecular weight excluding hydrogens is 1590 g/mol. The molecular formula is C118H72N8S2. The number of aromatic nitrogens is 8. The lowest BCUT2D eigenvalue weighted by Crippen LogP contribution is -2.37. The molecule has 8 nitrogen and oxygen atoms in total. The predicted molar refractivity (Wildman–Crippen MR) is 526 cm³/mol. The van der Waals surface area contributed by atoms with Crippen LogP contribution in [0.2, 0.25) is 0 Å². The van der Waals surface area contributed by atoms with Crippen molar-refractivity contribution in [3.63, 3.8) is 0 Å². The van der Waals surface area contributed by atoms with Crippen molar-refractivity contribution in [3.8, 4) is 90.6 Å². The van der Waals surface area contributed by atoms with Gasteiger partial charge >= 0.3 is 0 Å². The van der Waals surface area contributed by atoms with E-state index in [1.807, 2.05) is 72.1 Å². The molecule has 28 rings (SSSR count). The highest BCUT2D eigenvalue weighted by atomic mass is 32.2. The number of rotatable bonds is 8. The smallest absolute Gasteiger partial charge is 0.160 e. The van der Waals surface area contributed by atoms with Gasteiger partial charge in [-0.05, 0) is 142 Å². The molecule has 24 aromatic rings. The highest BCUT2D eigenvalue weighted by Gasteiger charge is 2.52. The summed E-state index contributed by atoms with van der Waals surface area (Å²) in [6.07, 6.45) is 0. The Balaban J connectivity index is 0.000000132. The second-order valence-corrected chi connectivity index (χ2v) is 35.9. The molecule has 0 bridgehead atoms. The van der Waals surface area contributed by atoms with Crippen molar-refractivity contribution in [3.05, 3.63) is 481 Å². The van der Waals surface area contributed by atoms with Crippen molar-refractivity contribution < 1.29 is 0 Å². The summed E-state index contributed by atoms with van der Waals surface area (Å²) < 4.78 is 9.98. The highest BCUT2D eigenvalue weighted by Crippen LogP contribution is 2.65. The first-order valence-electron chi connectivity index (χ1n) is 43.7. The Hall–Kier alpha value is -16.0. The minimum atomic E-state index is -0.572. The third kappa shape index (κ3) is 10.5. The summed E-state index contributed by atoms with van der Waals surface area (Å²) in [7, 11) is 0. The lowest BCUT2D eigenvalue weighted by atomic mass is 9.62. The van der Waals surface area contributed by atoms with Gasteiger partial charge in [0.05, 0.1) is 89.1 Å². The topological polar surface area (TPSA) is 71.3 Å². The molecule has 128 heavy (non-hydrogen) atoms. The largest absolute Gasteiger partial charge is 0.309 e. The zero-order chi connectivity index (χ0) is 83.9. The molecule has 10 heteroatoms. The van der Waals surface area contributed by atoms with Crippen LogP contribution in [-0.4, -0.2) is 38.2 Å². The van der Waals surface area contributed by atoms with Crippen molar-refractivity contribution in [1.82, 2.24) is 38.2 Å². The second kappa shape index (κ2) is 28.3. The third-order valence-corrected chi connectivity index (χ3v) is 29.5. The molecule has 2 spiro atoms. The minimum Gasteiger partial charge on any atom is -0.309 e. The Morgan fingerprint density at radius 2 is 0.531 bits per heavy atom. The zero-order valence-corrected chi connectivity index (χ0v) is 70.6.